The van der Waals surface area contributed by atoms with Gasteiger partial charge >= 0.3 is 12.1 Å². The lowest BCUT2D eigenvalue weighted by molar-refractivity contribution is -0.139. The van der Waals surface area contributed by atoms with Crippen LogP contribution in [-0.4, -0.2) is 25.3 Å². The Bertz CT molecular complexity index is 506. The molecule has 0 aliphatic rings. The topological polar surface area (TPSA) is 55.8 Å². The number of esters is 1. The van der Waals surface area contributed by atoms with Gasteiger partial charge in [-0.2, -0.15) is 13.2 Å². The van der Waals surface area contributed by atoms with Crippen LogP contribution in [0.25, 0.3) is 6.08 Å². The number of rotatable bonds is 3. The van der Waals surface area contributed by atoms with Gasteiger partial charge in [0.25, 0.3) is 0 Å². The number of alkyl halides is 3. The zero-order chi connectivity index (χ0) is 14.6. The summed E-state index contributed by atoms with van der Waals surface area (Å²) in [6.45, 7) is 0. The predicted molar refractivity (Wildman–Crippen MR) is 60.1 cm³/mol. The van der Waals surface area contributed by atoms with Gasteiger partial charge in [0, 0.05) is 0 Å². The molecular weight excluding hydrogens is 265 g/mol. The summed E-state index contributed by atoms with van der Waals surface area (Å²) >= 11 is 0. The first kappa shape index (κ1) is 14.9. The lowest BCUT2D eigenvalue weighted by Gasteiger charge is -2.10. The molecule has 0 bridgehead atoms. The fraction of sp³-hybridized carbons (Fsp3) is 0.250. The molecule has 0 heterocycles. The summed E-state index contributed by atoms with van der Waals surface area (Å²) in [7, 11) is 2.31. The van der Waals surface area contributed by atoms with Crippen LogP contribution in [0.5, 0.6) is 5.75 Å². The molecule has 0 atom stereocenters. The van der Waals surface area contributed by atoms with E-state index in [0.29, 0.717) is 6.07 Å². The highest BCUT2D eigenvalue weighted by atomic mass is 19.4. The zero-order valence-electron chi connectivity index (χ0n) is 10.1. The van der Waals surface area contributed by atoms with Crippen LogP contribution in [0.3, 0.4) is 0 Å². The van der Waals surface area contributed by atoms with Crippen molar-refractivity contribution in [3.63, 3.8) is 0 Å². The lowest BCUT2D eigenvalue weighted by Crippen LogP contribution is -2.07. The fourth-order valence-electron chi connectivity index (χ4n) is 1.32. The Morgan fingerprint density at radius 3 is 2.37 bits per heavy atom. The smallest absolute Gasteiger partial charge is 0.419 e. The first-order valence-electron chi connectivity index (χ1n) is 5.03. The van der Waals surface area contributed by atoms with Crippen molar-refractivity contribution < 1.29 is 32.5 Å². The minimum absolute atomic E-state index is 0.0485. The maximum atomic E-state index is 12.6. The van der Waals surface area contributed by atoms with Crippen LogP contribution in [0.15, 0.2) is 24.0 Å². The minimum atomic E-state index is -4.69. The van der Waals surface area contributed by atoms with E-state index >= 15 is 0 Å². The minimum Gasteiger partial charge on any atom is -0.507 e. The monoisotopic (exact) mass is 276 g/mol. The summed E-state index contributed by atoms with van der Waals surface area (Å²) < 4.78 is 46.8. The lowest BCUT2D eigenvalue weighted by atomic mass is 10.1. The van der Waals surface area contributed by atoms with Crippen LogP contribution >= 0.6 is 0 Å². The van der Waals surface area contributed by atoms with Crippen molar-refractivity contribution in [2.75, 3.05) is 14.2 Å². The first-order valence-corrected chi connectivity index (χ1v) is 5.03. The van der Waals surface area contributed by atoms with E-state index in [1.807, 2.05) is 0 Å². The number of ether oxygens (including phenoxy) is 2. The summed E-state index contributed by atoms with van der Waals surface area (Å²) in [6, 6.07) is 2.81. The van der Waals surface area contributed by atoms with Crippen LogP contribution in [0, 0.1) is 0 Å². The van der Waals surface area contributed by atoms with Crippen molar-refractivity contribution >= 4 is 12.0 Å². The molecule has 104 valence electrons. The highest BCUT2D eigenvalue weighted by Crippen LogP contribution is 2.36. The molecule has 0 aliphatic heterocycles. The molecule has 0 amide bonds. The van der Waals surface area contributed by atoms with Gasteiger partial charge in [-0.05, 0) is 23.8 Å². The van der Waals surface area contributed by atoms with E-state index in [0.717, 1.165) is 19.3 Å². The number of carbonyl (C=O) groups is 1. The Kier molecular flexibility index (Phi) is 4.42. The normalized spacial score (nSPS) is 12.2. The summed E-state index contributed by atoms with van der Waals surface area (Å²) in [5, 5.41) is 9.15. The standard InChI is InChI=1S/C12H11F3O4/c1-18-10(11(17)19-2)6-7-3-4-9(16)8(5-7)12(13,14)15/h3-6,16H,1-2H3/b10-6-. The SMILES string of the molecule is COC(=O)/C(=C/c1ccc(O)c(C(F)(F)F)c1)OC. The van der Waals surface area contributed by atoms with Crippen LogP contribution in [-0.2, 0) is 20.4 Å². The second-order valence-corrected chi connectivity index (χ2v) is 3.48. The zero-order valence-corrected chi connectivity index (χ0v) is 10.1. The Labute approximate surface area is 107 Å². The van der Waals surface area contributed by atoms with Crippen molar-refractivity contribution in [3.05, 3.63) is 35.1 Å². The highest BCUT2D eigenvalue weighted by Gasteiger charge is 2.33. The van der Waals surface area contributed by atoms with Gasteiger partial charge in [0.15, 0.2) is 0 Å². The number of phenols is 1. The van der Waals surface area contributed by atoms with Crippen molar-refractivity contribution in [3.8, 4) is 5.75 Å². The van der Waals surface area contributed by atoms with Gasteiger partial charge in [-0.1, -0.05) is 6.07 Å². The van der Waals surface area contributed by atoms with E-state index in [-0.39, 0.29) is 11.3 Å². The van der Waals surface area contributed by atoms with E-state index in [4.69, 9.17) is 9.84 Å². The number of benzene rings is 1. The number of methoxy groups -OCH3 is 2. The largest absolute Gasteiger partial charge is 0.507 e. The Morgan fingerprint density at radius 2 is 1.89 bits per heavy atom. The van der Waals surface area contributed by atoms with E-state index < -0.39 is 23.5 Å². The number of hydrogen-bond acceptors (Lipinski definition) is 4. The molecular formula is C12H11F3O4. The maximum absolute atomic E-state index is 12.6. The summed E-state index contributed by atoms with van der Waals surface area (Å²) in [4.78, 5) is 11.2. The molecule has 0 saturated carbocycles. The Balaban J connectivity index is 3.23. The van der Waals surface area contributed by atoms with Crippen LogP contribution in [0.1, 0.15) is 11.1 Å². The molecule has 0 spiro atoms. The van der Waals surface area contributed by atoms with Gasteiger partial charge in [-0.3, -0.25) is 0 Å². The summed E-state index contributed by atoms with van der Waals surface area (Å²) in [6.07, 6.45) is -3.60. The molecule has 19 heavy (non-hydrogen) atoms. The molecule has 0 fully saturated rings. The molecule has 1 rings (SSSR count). The van der Waals surface area contributed by atoms with Gasteiger partial charge in [-0.25, -0.2) is 4.79 Å². The number of hydrogen-bond donors (Lipinski definition) is 1. The first-order chi connectivity index (χ1) is 8.79. The summed E-state index contributed by atoms with van der Waals surface area (Å²) in [5.74, 6) is -1.95. The Morgan fingerprint density at radius 1 is 1.26 bits per heavy atom. The molecule has 7 heteroatoms. The second-order valence-electron chi connectivity index (χ2n) is 3.48. The number of aromatic hydroxyl groups is 1. The molecule has 1 aromatic carbocycles. The molecule has 0 unspecified atom stereocenters. The average Bonchev–Trinajstić information content (AvgIpc) is 2.35. The van der Waals surface area contributed by atoms with Crippen LogP contribution in [0.2, 0.25) is 0 Å². The summed E-state index contributed by atoms with van der Waals surface area (Å²) in [5.41, 5.74) is -1.14. The van der Waals surface area contributed by atoms with Crippen LogP contribution in [0.4, 0.5) is 13.2 Å². The van der Waals surface area contributed by atoms with Crippen molar-refractivity contribution in [2.24, 2.45) is 0 Å². The molecule has 1 aromatic rings. The molecule has 0 aliphatic carbocycles. The highest BCUT2D eigenvalue weighted by molar-refractivity contribution is 5.91. The van der Waals surface area contributed by atoms with Gasteiger partial charge in [-0.15, -0.1) is 0 Å². The van der Waals surface area contributed by atoms with Crippen molar-refractivity contribution in [1.82, 2.24) is 0 Å². The molecule has 1 N–H and O–H groups in total. The fourth-order valence-corrected chi connectivity index (χ4v) is 1.32. The van der Waals surface area contributed by atoms with E-state index in [1.165, 1.54) is 13.2 Å². The quantitative estimate of drug-likeness (QED) is 0.523. The number of phenolic OH excluding ortho intramolecular Hbond substituents is 1. The third-order valence-corrected chi connectivity index (χ3v) is 2.23. The second kappa shape index (κ2) is 5.64. The van der Waals surface area contributed by atoms with Gasteiger partial charge in [0.2, 0.25) is 5.76 Å². The van der Waals surface area contributed by atoms with E-state index in [9.17, 15) is 18.0 Å². The molecule has 0 saturated heterocycles. The maximum Gasteiger partial charge on any atom is 0.419 e. The van der Waals surface area contributed by atoms with Gasteiger partial charge in [0.1, 0.15) is 5.75 Å². The van der Waals surface area contributed by atoms with Gasteiger partial charge in [0.05, 0.1) is 19.8 Å². The average molecular weight is 276 g/mol. The van der Waals surface area contributed by atoms with Crippen molar-refractivity contribution in [2.45, 2.75) is 6.18 Å². The van der Waals surface area contributed by atoms with Crippen LogP contribution < -0.4 is 0 Å². The third kappa shape index (κ3) is 3.64. The van der Waals surface area contributed by atoms with E-state index in [2.05, 4.69) is 4.74 Å². The molecule has 4 nitrogen and oxygen atoms in total. The predicted octanol–water partition coefficient (Wildman–Crippen LogP) is 2.57. The van der Waals surface area contributed by atoms with Gasteiger partial charge < -0.3 is 14.6 Å². The molecule has 0 aromatic heterocycles. The number of carbonyl (C=O) groups excluding carboxylic acids is 1. The number of halogens is 3. The Hall–Kier alpha value is -2.18. The van der Waals surface area contributed by atoms with Crippen molar-refractivity contribution in [1.29, 1.82) is 0 Å². The van der Waals surface area contributed by atoms with E-state index in [1.54, 1.807) is 0 Å². The third-order valence-electron chi connectivity index (χ3n) is 2.23. The molecule has 0 radical (unpaired) electrons.